The quantitative estimate of drug-likeness (QED) is 0.714. The zero-order valence-corrected chi connectivity index (χ0v) is 13.5. The zero-order valence-electron chi connectivity index (χ0n) is 13.5. The molecular formula is C19H17F2N3O. The van der Waals surface area contributed by atoms with Crippen molar-refractivity contribution in [2.24, 2.45) is 0 Å². The van der Waals surface area contributed by atoms with Gasteiger partial charge in [0, 0.05) is 19.3 Å². The van der Waals surface area contributed by atoms with Crippen molar-refractivity contribution in [2.75, 3.05) is 13.1 Å². The molecule has 4 rings (SSSR count). The summed E-state index contributed by atoms with van der Waals surface area (Å²) in [6.07, 6.45) is 6.68. The summed E-state index contributed by atoms with van der Waals surface area (Å²) in [4.78, 5) is 18.7. The lowest BCUT2D eigenvalue weighted by Crippen LogP contribution is -2.38. The number of imidazole rings is 1. The van der Waals surface area contributed by atoms with Crippen LogP contribution in [0.3, 0.4) is 0 Å². The predicted octanol–water partition coefficient (Wildman–Crippen LogP) is 3.63. The highest BCUT2D eigenvalue weighted by molar-refractivity contribution is 6.00. The topological polar surface area (TPSA) is 37.6 Å². The summed E-state index contributed by atoms with van der Waals surface area (Å²) in [5.74, 6) is -1.52. The molecule has 1 fully saturated rings. The molecule has 128 valence electrons. The van der Waals surface area contributed by atoms with E-state index in [1.54, 1.807) is 24.7 Å². The fourth-order valence-electron chi connectivity index (χ4n) is 3.48. The molecule has 0 aliphatic carbocycles. The van der Waals surface area contributed by atoms with Crippen molar-refractivity contribution in [3.8, 4) is 0 Å². The first-order valence-electron chi connectivity index (χ1n) is 8.28. The number of nitrogens with zero attached hydrogens (tertiary/aromatic N) is 3. The van der Waals surface area contributed by atoms with Crippen LogP contribution in [0.2, 0.25) is 0 Å². The van der Waals surface area contributed by atoms with Crippen molar-refractivity contribution in [1.29, 1.82) is 0 Å². The summed E-state index contributed by atoms with van der Waals surface area (Å²) in [5.41, 5.74) is 2.21. The standard InChI is InChI=1S/C19H17F2N3O/c20-16-4-3-14(10-17(16)21)13-5-8-23(9-6-13)19(25)15-2-1-7-24-12-22-11-18(15)24/h1-4,7,10-13H,5-6,8-9H2. The number of carbonyl (C=O) groups is 1. The van der Waals surface area contributed by atoms with Crippen LogP contribution >= 0.6 is 0 Å². The summed E-state index contributed by atoms with van der Waals surface area (Å²) < 4.78 is 28.3. The van der Waals surface area contributed by atoms with Crippen molar-refractivity contribution in [2.45, 2.75) is 18.8 Å². The van der Waals surface area contributed by atoms with E-state index in [4.69, 9.17) is 0 Å². The number of likely N-dealkylation sites (tertiary alicyclic amines) is 1. The number of halogens is 2. The number of benzene rings is 1. The summed E-state index contributed by atoms with van der Waals surface area (Å²) in [6, 6.07) is 7.71. The van der Waals surface area contributed by atoms with Crippen LogP contribution < -0.4 is 0 Å². The maximum absolute atomic E-state index is 13.4. The van der Waals surface area contributed by atoms with Gasteiger partial charge in [0.25, 0.3) is 5.91 Å². The smallest absolute Gasteiger partial charge is 0.256 e. The molecule has 0 unspecified atom stereocenters. The van der Waals surface area contributed by atoms with Crippen LogP contribution in [0.15, 0.2) is 49.1 Å². The van der Waals surface area contributed by atoms with Gasteiger partial charge in [-0.3, -0.25) is 4.79 Å². The molecule has 1 saturated heterocycles. The lowest BCUT2D eigenvalue weighted by Gasteiger charge is -2.32. The van der Waals surface area contributed by atoms with Crippen LogP contribution in [0, 0.1) is 11.6 Å². The monoisotopic (exact) mass is 341 g/mol. The molecule has 0 N–H and O–H groups in total. The molecule has 4 nitrogen and oxygen atoms in total. The van der Waals surface area contributed by atoms with Gasteiger partial charge in [-0.05, 0) is 48.6 Å². The van der Waals surface area contributed by atoms with Gasteiger partial charge >= 0.3 is 0 Å². The largest absolute Gasteiger partial charge is 0.339 e. The van der Waals surface area contributed by atoms with Gasteiger partial charge in [0.2, 0.25) is 0 Å². The van der Waals surface area contributed by atoms with Crippen molar-refractivity contribution >= 4 is 11.4 Å². The van der Waals surface area contributed by atoms with E-state index in [2.05, 4.69) is 4.98 Å². The van der Waals surface area contributed by atoms with Crippen LogP contribution in [0.4, 0.5) is 8.78 Å². The molecule has 25 heavy (non-hydrogen) atoms. The van der Waals surface area contributed by atoms with Gasteiger partial charge < -0.3 is 9.30 Å². The first-order chi connectivity index (χ1) is 12.1. The Morgan fingerprint density at radius 2 is 1.92 bits per heavy atom. The van der Waals surface area contributed by atoms with E-state index in [9.17, 15) is 13.6 Å². The van der Waals surface area contributed by atoms with Crippen LogP contribution in [0.1, 0.15) is 34.7 Å². The van der Waals surface area contributed by atoms with Crippen molar-refractivity contribution in [3.63, 3.8) is 0 Å². The maximum atomic E-state index is 13.4. The third kappa shape index (κ3) is 2.88. The van der Waals surface area contributed by atoms with E-state index < -0.39 is 11.6 Å². The second-order valence-corrected chi connectivity index (χ2v) is 6.35. The lowest BCUT2D eigenvalue weighted by molar-refractivity contribution is 0.0714. The second kappa shape index (κ2) is 6.27. The van der Waals surface area contributed by atoms with Gasteiger partial charge in [0.1, 0.15) is 0 Å². The Bertz CT molecular complexity index is 929. The molecule has 3 heterocycles. The maximum Gasteiger partial charge on any atom is 0.256 e. The number of rotatable bonds is 2. The summed E-state index contributed by atoms with van der Waals surface area (Å²) in [6.45, 7) is 1.19. The van der Waals surface area contributed by atoms with E-state index in [-0.39, 0.29) is 11.8 Å². The average molecular weight is 341 g/mol. The number of aromatic nitrogens is 2. The number of piperidine rings is 1. The molecule has 1 aliphatic heterocycles. The molecule has 6 heteroatoms. The number of hydrogen-bond acceptors (Lipinski definition) is 2. The van der Waals surface area contributed by atoms with Gasteiger partial charge in [-0.25, -0.2) is 13.8 Å². The molecule has 0 saturated carbocycles. The number of fused-ring (bicyclic) bond motifs is 1. The molecule has 0 spiro atoms. The van der Waals surface area contributed by atoms with Crippen molar-refractivity contribution in [3.05, 3.63) is 71.8 Å². The number of pyridine rings is 1. The fourth-order valence-corrected chi connectivity index (χ4v) is 3.48. The first-order valence-corrected chi connectivity index (χ1v) is 8.28. The van der Waals surface area contributed by atoms with Gasteiger partial charge in [0.15, 0.2) is 11.6 Å². The van der Waals surface area contributed by atoms with E-state index >= 15 is 0 Å². The Kier molecular flexibility index (Phi) is 3.95. The number of hydrogen-bond donors (Lipinski definition) is 0. The highest BCUT2D eigenvalue weighted by Crippen LogP contribution is 2.29. The molecule has 0 atom stereocenters. The molecule has 1 aliphatic rings. The van der Waals surface area contributed by atoms with Crippen molar-refractivity contribution < 1.29 is 13.6 Å². The second-order valence-electron chi connectivity index (χ2n) is 6.35. The minimum atomic E-state index is -0.828. The van der Waals surface area contributed by atoms with Crippen LogP contribution in [-0.2, 0) is 0 Å². The minimum absolute atomic E-state index is 0.0187. The van der Waals surface area contributed by atoms with Gasteiger partial charge in [-0.1, -0.05) is 6.07 Å². The lowest BCUT2D eigenvalue weighted by atomic mass is 9.89. The Labute approximate surface area is 143 Å². The van der Waals surface area contributed by atoms with Gasteiger partial charge in [-0.2, -0.15) is 0 Å². The third-order valence-corrected chi connectivity index (χ3v) is 4.88. The average Bonchev–Trinajstić information content (AvgIpc) is 3.12. The zero-order chi connectivity index (χ0) is 17.4. The Morgan fingerprint density at radius 3 is 2.68 bits per heavy atom. The predicted molar refractivity (Wildman–Crippen MR) is 89.4 cm³/mol. The molecule has 1 amide bonds. The van der Waals surface area contributed by atoms with Crippen LogP contribution in [-0.4, -0.2) is 33.3 Å². The molecule has 3 aromatic rings. The molecule has 0 bridgehead atoms. The molecular weight excluding hydrogens is 324 g/mol. The van der Waals surface area contributed by atoms with Crippen LogP contribution in [0.5, 0.6) is 0 Å². The van der Waals surface area contributed by atoms with E-state index in [1.165, 1.54) is 12.1 Å². The van der Waals surface area contributed by atoms with Crippen molar-refractivity contribution in [1.82, 2.24) is 14.3 Å². The number of amides is 1. The summed E-state index contributed by atoms with van der Waals surface area (Å²) >= 11 is 0. The van der Waals surface area contributed by atoms with Gasteiger partial charge in [0.05, 0.1) is 23.6 Å². The fraction of sp³-hybridized carbons (Fsp3) is 0.263. The minimum Gasteiger partial charge on any atom is -0.339 e. The van der Waals surface area contributed by atoms with Crippen LogP contribution in [0.25, 0.3) is 5.52 Å². The molecule has 2 aromatic heterocycles. The Balaban J connectivity index is 1.49. The molecule has 0 radical (unpaired) electrons. The summed E-state index contributed by atoms with van der Waals surface area (Å²) in [7, 11) is 0. The van der Waals surface area contributed by atoms with Gasteiger partial charge in [-0.15, -0.1) is 0 Å². The highest BCUT2D eigenvalue weighted by Gasteiger charge is 2.26. The Morgan fingerprint density at radius 1 is 1.12 bits per heavy atom. The Hall–Kier alpha value is -2.76. The third-order valence-electron chi connectivity index (χ3n) is 4.88. The summed E-state index contributed by atoms with van der Waals surface area (Å²) in [5, 5.41) is 0. The first kappa shape index (κ1) is 15.7. The number of carbonyl (C=O) groups excluding carboxylic acids is 1. The van der Waals surface area contributed by atoms with E-state index in [0.717, 1.165) is 23.9 Å². The normalized spacial score (nSPS) is 15.7. The van der Waals surface area contributed by atoms with E-state index in [1.807, 2.05) is 21.6 Å². The molecule has 1 aromatic carbocycles. The SMILES string of the molecule is O=C(c1cccn2cncc12)N1CCC(c2ccc(F)c(F)c2)CC1. The van der Waals surface area contributed by atoms with E-state index in [0.29, 0.717) is 18.7 Å². The highest BCUT2D eigenvalue weighted by atomic mass is 19.2.